The van der Waals surface area contributed by atoms with Gasteiger partial charge in [-0.2, -0.15) is 0 Å². The van der Waals surface area contributed by atoms with Crippen LogP contribution in [0.3, 0.4) is 0 Å². The third kappa shape index (κ3) is 5.07. The number of rotatable bonds is 6. The molecule has 196 valence electrons. The van der Waals surface area contributed by atoms with Crippen molar-refractivity contribution in [2.75, 3.05) is 51.2 Å². The lowest BCUT2D eigenvalue weighted by molar-refractivity contribution is 0.297. The van der Waals surface area contributed by atoms with Crippen molar-refractivity contribution in [2.45, 2.75) is 19.4 Å². The maximum atomic E-state index is 12.6. The number of likely N-dealkylation sites (N-methyl/N-ethyl adjacent to an activating group) is 1. The van der Waals surface area contributed by atoms with Crippen molar-refractivity contribution < 1.29 is 9.52 Å². The van der Waals surface area contributed by atoms with Gasteiger partial charge >= 0.3 is 0 Å². The molecule has 4 aromatic rings. The monoisotopic (exact) mass is 512 g/mol. The van der Waals surface area contributed by atoms with Gasteiger partial charge in [0.05, 0.1) is 30.3 Å². The molecule has 2 saturated heterocycles. The standard InChI is InChI=1S/C29H32N6O3/c1-33-10-12-35(13-11-33)22-5-7-27(30-16-22)31-17-26-25-15-20(4-6-24(25)28(36)32-29(26)37)21-14-23(38-19-21)18-34-8-2-3-9-34/h4-7,14-17,19H,2-3,8-13,18H2,1H3,(H2,32,36,37). The molecule has 2 aliphatic heterocycles. The Morgan fingerprint density at radius 3 is 2.61 bits per heavy atom. The van der Waals surface area contributed by atoms with Crippen LogP contribution in [0.1, 0.15) is 24.2 Å². The van der Waals surface area contributed by atoms with E-state index in [1.165, 1.54) is 12.8 Å². The Labute approximate surface area is 221 Å². The van der Waals surface area contributed by atoms with Gasteiger partial charge in [0.2, 0.25) is 5.88 Å². The molecule has 0 bridgehead atoms. The van der Waals surface area contributed by atoms with E-state index in [1.54, 1.807) is 18.5 Å². The second-order valence-electron chi connectivity index (χ2n) is 10.2. The van der Waals surface area contributed by atoms with E-state index in [0.29, 0.717) is 22.2 Å². The highest BCUT2D eigenvalue weighted by molar-refractivity contribution is 6.03. The molecule has 0 radical (unpaired) electrons. The van der Waals surface area contributed by atoms with Crippen molar-refractivity contribution in [3.8, 4) is 17.0 Å². The molecule has 0 unspecified atom stereocenters. The van der Waals surface area contributed by atoms with Crippen LogP contribution in [-0.4, -0.2) is 77.4 Å². The summed E-state index contributed by atoms with van der Waals surface area (Å²) >= 11 is 0. The molecule has 9 heteroatoms. The van der Waals surface area contributed by atoms with Gasteiger partial charge in [-0.05, 0) is 68.9 Å². The third-order valence-corrected chi connectivity index (χ3v) is 7.53. The Kier molecular flexibility index (Phi) is 6.70. The van der Waals surface area contributed by atoms with E-state index in [1.807, 2.05) is 36.5 Å². The van der Waals surface area contributed by atoms with Crippen molar-refractivity contribution in [3.05, 3.63) is 70.5 Å². The van der Waals surface area contributed by atoms with Crippen LogP contribution < -0.4 is 10.5 Å². The van der Waals surface area contributed by atoms with Crippen molar-refractivity contribution in [1.82, 2.24) is 19.8 Å². The number of nitrogens with one attached hydrogen (secondary N) is 1. The number of likely N-dealkylation sites (tertiary alicyclic amines) is 1. The summed E-state index contributed by atoms with van der Waals surface area (Å²) in [6.07, 6.45) is 7.61. The number of aliphatic imine (C=N–C) groups is 1. The summed E-state index contributed by atoms with van der Waals surface area (Å²) in [7, 11) is 2.13. The fourth-order valence-corrected chi connectivity index (χ4v) is 5.26. The molecule has 0 aliphatic carbocycles. The fraction of sp³-hybridized carbons (Fsp3) is 0.345. The van der Waals surface area contributed by atoms with E-state index in [9.17, 15) is 9.90 Å². The molecule has 0 spiro atoms. The van der Waals surface area contributed by atoms with E-state index >= 15 is 0 Å². The number of piperazine rings is 1. The molecule has 2 fully saturated rings. The number of anilines is 1. The number of aromatic amines is 1. The summed E-state index contributed by atoms with van der Waals surface area (Å²) in [5, 5.41) is 11.7. The maximum absolute atomic E-state index is 12.6. The lowest BCUT2D eigenvalue weighted by Crippen LogP contribution is -2.44. The third-order valence-electron chi connectivity index (χ3n) is 7.53. The van der Waals surface area contributed by atoms with Crippen molar-refractivity contribution in [2.24, 2.45) is 4.99 Å². The van der Waals surface area contributed by atoms with E-state index in [4.69, 9.17) is 4.42 Å². The molecule has 3 aromatic heterocycles. The van der Waals surface area contributed by atoms with Crippen LogP contribution in [0.5, 0.6) is 5.88 Å². The highest BCUT2D eigenvalue weighted by Gasteiger charge is 2.17. The SMILES string of the molecule is CN1CCN(c2ccc(N=Cc3c(O)[nH]c(=O)c4ccc(-c5coc(CN6CCCC6)c5)cc34)nc2)CC1. The predicted molar refractivity (Wildman–Crippen MR) is 150 cm³/mol. The van der Waals surface area contributed by atoms with Gasteiger partial charge in [-0.3, -0.25) is 14.7 Å². The van der Waals surface area contributed by atoms with Gasteiger partial charge in [0.1, 0.15) is 5.76 Å². The van der Waals surface area contributed by atoms with Crippen LogP contribution in [-0.2, 0) is 6.54 Å². The van der Waals surface area contributed by atoms with E-state index in [2.05, 4.69) is 36.7 Å². The number of H-pyrrole nitrogens is 1. The summed E-state index contributed by atoms with van der Waals surface area (Å²) in [5.41, 5.74) is 3.00. The summed E-state index contributed by atoms with van der Waals surface area (Å²) < 4.78 is 5.84. The van der Waals surface area contributed by atoms with Crippen molar-refractivity contribution in [3.63, 3.8) is 0 Å². The molecule has 1 aromatic carbocycles. The number of hydrogen-bond acceptors (Lipinski definition) is 8. The zero-order chi connectivity index (χ0) is 26.1. The number of hydrogen-bond donors (Lipinski definition) is 2. The van der Waals surface area contributed by atoms with Gasteiger partial charge in [0, 0.05) is 48.7 Å². The number of aromatic nitrogens is 2. The average molecular weight is 513 g/mol. The molecule has 5 heterocycles. The lowest BCUT2D eigenvalue weighted by atomic mass is 10.0. The number of furan rings is 1. The second-order valence-corrected chi connectivity index (χ2v) is 10.2. The molecule has 38 heavy (non-hydrogen) atoms. The molecule has 0 saturated carbocycles. The molecule has 2 aliphatic rings. The Bertz CT molecular complexity index is 1510. The van der Waals surface area contributed by atoms with Gasteiger partial charge in [-0.25, -0.2) is 9.98 Å². The first-order valence-electron chi connectivity index (χ1n) is 13.2. The van der Waals surface area contributed by atoms with Crippen LogP contribution in [0.4, 0.5) is 11.5 Å². The minimum absolute atomic E-state index is 0.223. The zero-order valence-corrected chi connectivity index (χ0v) is 21.6. The number of pyridine rings is 2. The smallest absolute Gasteiger partial charge is 0.258 e. The molecule has 0 amide bonds. The zero-order valence-electron chi connectivity index (χ0n) is 21.6. The van der Waals surface area contributed by atoms with Gasteiger partial charge in [0.25, 0.3) is 5.56 Å². The predicted octanol–water partition coefficient (Wildman–Crippen LogP) is 3.99. The minimum Gasteiger partial charge on any atom is -0.494 e. The van der Waals surface area contributed by atoms with Gasteiger partial charge in [-0.1, -0.05) is 6.07 Å². The van der Waals surface area contributed by atoms with Crippen LogP contribution in [0.15, 0.2) is 63.1 Å². The summed E-state index contributed by atoms with van der Waals surface area (Å²) in [6, 6.07) is 11.5. The highest BCUT2D eigenvalue weighted by Crippen LogP contribution is 2.29. The fourth-order valence-electron chi connectivity index (χ4n) is 5.26. The number of benzene rings is 1. The van der Waals surface area contributed by atoms with Crippen LogP contribution in [0, 0.1) is 0 Å². The normalized spacial score (nSPS) is 17.2. The summed E-state index contributed by atoms with van der Waals surface area (Å²) in [6.45, 7) is 6.99. The van der Waals surface area contributed by atoms with E-state index < -0.39 is 0 Å². The molecule has 6 rings (SSSR count). The minimum atomic E-state index is -0.349. The van der Waals surface area contributed by atoms with E-state index in [-0.39, 0.29) is 11.4 Å². The Morgan fingerprint density at radius 1 is 1.03 bits per heavy atom. The molecule has 0 atom stereocenters. The number of nitrogens with zero attached hydrogens (tertiary/aromatic N) is 5. The highest BCUT2D eigenvalue weighted by atomic mass is 16.3. The number of fused-ring (bicyclic) bond motifs is 1. The van der Waals surface area contributed by atoms with Crippen LogP contribution >= 0.6 is 0 Å². The van der Waals surface area contributed by atoms with Gasteiger partial charge in [-0.15, -0.1) is 0 Å². The molecule has 9 nitrogen and oxygen atoms in total. The maximum Gasteiger partial charge on any atom is 0.258 e. The second kappa shape index (κ2) is 10.4. The average Bonchev–Trinajstić information content (AvgIpc) is 3.62. The molecule has 2 N–H and O–H groups in total. The first-order chi connectivity index (χ1) is 18.5. The van der Waals surface area contributed by atoms with Crippen LogP contribution in [0.2, 0.25) is 0 Å². The Morgan fingerprint density at radius 2 is 1.84 bits per heavy atom. The Hall–Kier alpha value is -3.95. The van der Waals surface area contributed by atoms with Gasteiger partial charge in [0.15, 0.2) is 5.82 Å². The van der Waals surface area contributed by atoms with Crippen molar-refractivity contribution in [1.29, 1.82) is 0 Å². The summed E-state index contributed by atoms with van der Waals surface area (Å²) in [5.74, 6) is 1.22. The van der Waals surface area contributed by atoms with Crippen LogP contribution in [0.25, 0.3) is 21.9 Å². The largest absolute Gasteiger partial charge is 0.494 e. The van der Waals surface area contributed by atoms with E-state index in [0.717, 1.165) is 68.4 Å². The van der Waals surface area contributed by atoms with Gasteiger partial charge < -0.3 is 19.3 Å². The first kappa shape index (κ1) is 24.4. The lowest BCUT2D eigenvalue weighted by Gasteiger charge is -2.33. The summed E-state index contributed by atoms with van der Waals surface area (Å²) in [4.78, 5) is 31.1. The molecular weight excluding hydrogens is 480 g/mol. The van der Waals surface area contributed by atoms with Crippen molar-refractivity contribution >= 4 is 28.5 Å². The first-order valence-corrected chi connectivity index (χ1v) is 13.2. The number of aromatic hydroxyl groups is 1. The Balaban J connectivity index is 1.27. The molecular formula is C29H32N6O3. The topological polar surface area (TPSA) is 101 Å². The quantitative estimate of drug-likeness (QED) is 0.377.